The SMILES string of the molecule is CCCCc1ccc(-n2c3ccc(cc3)c3ccc(cc3)n(-c3ccc(CCCC)cc3)c3ccc(cc3)c3ccc(cc3)n(-c3ccc(CCCC)cc3)c3ccc(cc3)c3ccc(cc3)n(-c3ccc(CCCC)cc3)c3ccc(cc3)c3ccc(cc3)n(-c3ccc(CCCC)cc3)c3ccc(cc3)c3ccc2cc3)cc1. The first-order chi connectivity index (χ1) is 56.7. The molecule has 5 heteroatoms. The first-order valence-electron chi connectivity index (χ1n) is 42.2. The highest BCUT2D eigenvalue weighted by Crippen LogP contribution is 2.31. The molecule has 0 spiro atoms. The Labute approximate surface area is 678 Å². The Morgan fingerprint density at radius 1 is 0.130 bits per heavy atom. The molecule has 0 saturated heterocycles. The smallest absolute Gasteiger partial charge is 0.0462 e. The van der Waals surface area contributed by atoms with Gasteiger partial charge in [-0.15, -0.1) is 0 Å². The third kappa shape index (κ3) is 17.7. The second-order valence-electron chi connectivity index (χ2n) is 31.0. The number of aromatic nitrogens is 5. The first-order valence-corrected chi connectivity index (χ1v) is 42.2. The van der Waals surface area contributed by atoms with Crippen molar-refractivity contribution in [2.75, 3.05) is 0 Å². The Morgan fingerprint density at radius 3 is 0.330 bits per heavy atom. The van der Waals surface area contributed by atoms with E-state index in [-0.39, 0.29) is 0 Å². The summed E-state index contributed by atoms with van der Waals surface area (Å²) in [4.78, 5) is 0. The van der Waals surface area contributed by atoms with Gasteiger partial charge in [0.25, 0.3) is 0 Å². The molecule has 20 bridgehead atoms. The second-order valence-corrected chi connectivity index (χ2v) is 31.0. The quantitative estimate of drug-likeness (QED) is 0.0727. The van der Waals surface area contributed by atoms with Crippen molar-refractivity contribution in [3.63, 3.8) is 0 Å². The lowest BCUT2D eigenvalue weighted by Gasteiger charge is -2.13. The van der Waals surface area contributed by atoms with Gasteiger partial charge in [-0.25, -0.2) is 0 Å². The minimum atomic E-state index is 1.07. The monoisotopic (exact) mass is 1500 g/mol. The van der Waals surface area contributed by atoms with Crippen LogP contribution in [0.1, 0.15) is 127 Å². The van der Waals surface area contributed by atoms with Crippen LogP contribution in [-0.4, -0.2) is 22.8 Å². The second kappa shape index (κ2) is 36.4. The van der Waals surface area contributed by atoms with Gasteiger partial charge in [0.15, 0.2) is 0 Å². The van der Waals surface area contributed by atoms with Gasteiger partial charge in [0.05, 0.1) is 0 Å². The largest absolute Gasteiger partial charge is 0.311 e. The topological polar surface area (TPSA) is 24.6 Å². The van der Waals surface area contributed by atoms with E-state index in [0.717, 1.165) is 170 Å². The summed E-state index contributed by atoms with van der Waals surface area (Å²) >= 11 is 0. The fourth-order valence-corrected chi connectivity index (χ4v) is 16.2. The fraction of sp³-hybridized carbons (Fsp3) is 0.182. The van der Waals surface area contributed by atoms with Gasteiger partial charge in [-0.2, -0.15) is 0 Å². The molecule has 0 N–H and O–H groups in total. The van der Waals surface area contributed by atoms with Crippen molar-refractivity contribution >= 4 is 109 Å². The Morgan fingerprint density at radius 2 is 0.235 bits per heavy atom. The van der Waals surface area contributed by atoms with Crippen LogP contribution in [0.5, 0.6) is 0 Å². The van der Waals surface area contributed by atoms with Crippen LogP contribution in [0.3, 0.4) is 0 Å². The summed E-state index contributed by atoms with van der Waals surface area (Å²) in [5, 5.41) is 11.6. The average molecular weight is 1500 g/mol. The molecule has 0 aliphatic carbocycles. The van der Waals surface area contributed by atoms with Crippen molar-refractivity contribution in [2.45, 2.75) is 131 Å². The summed E-state index contributed by atoms with van der Waals surface area (Å²) in [6.07, 6.45) is 17.1. The van der Waals surface area contributed by atoms with Crippen LogP contribution in [-0.2, 0) is 32.1 Å². The van der Waals surface area contributed by atoms with E-state index in [2.05, 4.69) is 421 Å². The van der Waals surface area contributed by atoms with E-state index in [1.165, 1.54) is 92.0 Å². The highest BCUT2D eigenvalue weighted by molar-refractivity contribution is 5.91. The minimum absolute atomic E-state index is 1.07. The van der Waals surface area contributed by atoms with E-state index in [4.69, 9.17) is 0 Å². The molecule has 115 heavy (non-hydrogen) atoms. The van der Waals surface area contributed by atoms with Crippen molar-refractivity contribution in [3.05, 3.63) is 392 Å². The molecule has 0 saturated carbocycles. The fourth-order valence-electron chi connectivity index (χ4n) is 16.2. The van der Waals surface area contributed by atoms with Crippen LogP contribution in [0, 0.1) is 0 Å². The molecule has 570 valence electrons. The van der Waals surface area contributed by atoms with E-state index in [0.29, 0.717) is 0 Å². The van der Waals surface area contributed by atoms with Crippen molar-refractivity contribution in [1.82, 2.24) is 22.8 Å². The summed E-state index contributed by atoms with van der Waals surface area (Å²) in [5.74, 6) is 0. The van der Waals surface area contributed by atoms with Crippen molar-refractivity contribution in [3.8, 4) is 28.4 Å². The molecule has 16 heterocycles. The maximum Gasteiger partial charge on any atom is 0.0462 e. The molecular formula is C110H105N5. The minimum Gasteiger partial charge on any atom is -0.311 e. The third-order valence-corrected chi connectivity index (χ3v) is 23.0. The van der Waals surface area contributed by atoms with E-state index >= 15 is 0 Å². The van der Waals surface area contributed by atoms with Gasteiger partial charge in [-0.3, -0.25) is 0 Å². The number of benzene rings is 15. The van der Waals surface area contributed by atoms with E-state index in [1.807, 2.05) is 0 Å². The van der Waals surface area contributed by atoms with Crippen molar-refractivity contribution < 1.29 is 0 Å². The average Bonchev–Trinajstić information content (AvgIpc) is 0.741. The van der Waals surface area contributed by atoms with Crippen LogP contribution in [0.25, 0.3) is 137 Å². The van der Waals surface area contributed by atoms with E-state index in [1.54, 1.807) is 0 Å². The Kier molecular flexibility index (Phi) is 24.2. The molecule has 0 atom stereocenters. The number of unbranched alkanes of at least 4 members (excludes halogenated alkanes) is 5. The van der Waals surface area contributed by atoms with Crippen LogP contribution in [0.4, 0.5) is 0 Å². The molecule has 0 aliphatic heterocycles. The maximum atomic E-state index is 2.39. The molecule has 0 unspecified atom stereocenters. The highest BCUT2D eigenvalue weighted by atomic mass is 15.0. The summed E-state index contributed by atoms with van der Waals surface area (Å²) in [5.41, 5.74) is 23.4. The van der Waals surface area contributed by atoms with Crippen LogP contribution < -0.4 is 0 Å². The summed E-state index contributed by atoms with van der Waals surface area (Å²) in [7, 11) is 0. The van der Waals surface area contributed by atoms with Gasteiger partial charge in [0, 0.05) is 83.6 Å². The van der Waals surface area contributed by atoms with Crippen molar-refractivity contribution in [2.24, 2.45) is 0 Å². The molecule has 0 radical (unpaired) electrons. The van der Waals surface area contributed by atoms with E-state index < -0.39 is 0 Å². The molecule has 15 aromatic carbocycles. The number of hydrogen-bond acceptors (Lipinski definition) is 0. The zero-order valence-corrected chi connectivity index (χ0v) is 67.5. The van der Waals surface area contributed by atoms with Gasteiger partial charge in [-0.05, 0) is 328 Å². The first kappa shape index (κ1) is 76.3. The predicted molar refractivity (Wildman–Crippen MR) is 497 cm³/mol. The van der Waals surface area contributed by atoms with Gasteiger partial charge in [0.2, 0.25) is 0 Å². The summed E-state index contributed by atoms with van der Waals surface area (Å²) in [6.45, 7) is 11.3. The Hall–Kier alpha value is -12.7. The molecule has 16 aromatic heterocycles. The summed E-state index contributed by atoms with van der Waals surface area (Å²) in [6, 6.07) is 137. The number of rotatable bonds is 20. The Balaban J connectivity index is 0.880. The third-order valence-electron chi connectivity index (χ3n) is 23.0. The Bertz CT molecular complexity index is 5190. The molecule has 5 nitrogen and oxygen atoms in total. The van der Waals surface area contributed by atoms with Crippen LogP contribution in [0.2, 0.25) is 0 Å². The molecule has 31 aromatic rings. The molecular weight excluding hydrogens is 1390 g/mol. The number of nitrogens with zero attached hydrogens (tertiary/aromatic N) is 5. The molecule has 31 rings (SSSR count). The van der Waals surface area contributed by atoms with Gasteiger partial charge in [0.1, 0.15) is 0 Å². The van der Waals surface area contributed by atoms with Crippen LogP contribution in [0.15, 0.2) is 364 Å². The maximum absolute atomic E-state index is 2.39. The van der Waals surface area contributed by atoms with Gasteiger partial charge < -0.3 is 22.8 Å². The van der Waals surface area contributed by atoms with E-state index in [9.17, 15) is 0 Å². The molecule has 0 amide bonds. The normalized spacial score (nSPS) is 11.3. The number of aryl methyl sites for hydroxylation is 5. The van der Waals surface area contributed by atoms with Gasteiger partial charge in [-0.1, -0.05) is 249 Å². The number of hydrogen-bond donors (Lipinski definition) is 0. The molecule has 0 aliphatic rings. The molecule has 0 fully saturated rings. The highest BCUT2D eigenvalue weighted by Gasteiger charge is 2.11. The lowest BCUT2D eigenvalue weighted by atomic mass is 10.1. The predicted octanol–water partition coefficient (Wildman–Crippen LogP) is 30.6. The standard InChI is InChI=1S/C110H105N5/c1-6-11-16-81-21-51-96(52-22-81)111-101-61-31-86(32-62-101)88-35-65-103(66-36-88)112(97-53-23-82(24-54-97)17-12-7-2)105-69-39-90(40-70-105)92-43-73-107(74-44-92)114(99-57-27-84(28-58-99)19-14-9-4)109-77-47-94(48-78-109)95-49-79-110(80-50-95)115(100-59-29-85(30-60-100)20-15-10-5)108-75-45-93(46-76-108)91-41-71-106(72-42-91)113(98-55-25-83(26-56-98)18-13-8-3)104-67-37-89(38-68-104)87-33-63-102(111)64-34-87/h21-80H,6-20H2,1-5H3. The lowest BCUT2D eigenvalue weighted by Crippen LogP contribution is -1.97. The zero-order valence-electron chi connectivity index (χ0n) is 67.5. The summed E-state index contributed by atoms with van der Waals surface area (Å²) < 4.78 is 12.0. The van der Waals surface area contributed by atoms with Crippen LogP contribution >= 0.6 is 0 Å². The zero-order chi connectivity index (χ0) is 78.2. The lowest BCUT2D eigenvalue weighted by molar-refractivity contribution is 0.795. The van der Waals surface area contributed by atoms with Crippen molar-refractivity contribution in [1.29, 1.82) is 0 Å². The van der Waals surface area contributed by atoms with Gasteiger partial charge >= 0.3 is 0 Å².